The number of nitrogens with zero attached hydrogens (tertiary/aromatic N) is 3. The first kappa shape index (κ1) is 22.6. The van der Waals surface area contributed by atoms with Crippen LogP contribution in [0.5, 0.6) is 0 Å². The number of aromatic nitrogens is 3. The molecule has 4 aliphatic carbocycles. The predicted molar refractivity (Wildman–Crippen MR) is 124 cm³/mol. The Hall–Kier alpha value is -1.89. The molecule has 184 valence electrons. The normalized spacial score (nSPS) is 41.8. The van der Waals surface area contributed by atoms with Crippen molar-refractivity contribution in [3.63, 3.8) is 0 Å². The van der Waals surface area contributed by atoms with E-state index in [9.17, 15) is 18.7 Å². The van der Waals surface area contributed by atoms with E-state index >= 15 is 0 Å². The molecule has 2 heterocycles. The number of alkyl halides is 2. The highest BCUT2D eigenvalue weighted by molar-refractivity contribution is 5.84. The summed E-state index contributed by atoms with van der Waals surface area (Å²) in [7, 11) is 0. The number of halogens is 2. The van der Waals surface area contributed by atoms with E-state index in [-0.39, 0.29) is 35.9 Å². The van der Waals surface area contributed by atoms with Gasteiger partial charge in [0.05, 0.1) is 17.9 Å². The maximum Gasteiger partial charge on any atom is 0.266 e. The summed E-state index contributed by atoms with van der Waals surface area (Å²) in [5.74, 6) is 2.71. The summed E-state index contributed by atoms with van der Waals surface area (Å²) in [6.45, 7) is 2.64. The summed E-state index contributed by atoms with van der Waals surface area (Å²) >= 11 is 0. The Morgan fingerprint density at radius 1 is 1.12 bits per heavy atom. The molecular weight excluding hydrogens is 436 g/mol. The zero-order valence-corrected chi connectivity index (χ0v) is 19.9. The third-order valence-electron chi connectivity index (χ3n) is 10.6. The van der Waals surface area contributed by atoms with Crippen molar-refractivity contribution in [2.45, 2.75) is 83.3 Å². The SMILES string of the molecule is CC12CCC3C4CCC(O)(C(F)F)CC4CCC3C1CCC2C(=O)Cn1ncc2ccncc21. The van der Waals surface area contributed by atoms with E-state index in [1.54, 1.807) is 23.3 Å². The molecule has 6 rings (SSSR count). The van der Waals surface area contributed by atoms with Gasteiger partial charge in [-0.3, -0.25) is 14.5 Å². The van der Waals surface area contributed by atoms with Crippen LogP contribution in [0.15, 0.2) is 24.7 Å². The van der Waals surface area contributed by atoms with Crippen molar-refractivity contribution in [2.24, 2.45) is 40.9 Å². The molecular formula is C27H35F2N3O2. The molecule has 4 aliphatic rings. The average Bonchev–Trinajstić information content (AvgIpc) is 3.39. The number of carbonyl (C=O) groups excluding carboxylic acids is 1. The molecule has 2 aromatic rings. The Labute approximate surface area is 199 Å². The van der Waals surface area contributed by atoms with Crippen LogP contribution in [0.3, 0.4) is 0 Å². The highest BCUT2D eigenvalue weighted by Crippen LogP contribution is 2.65. The van der Waals surface area contributed by atoms with E-state index in [4.69, 9.17) is 0 Å². The standard InChI is InChI=1S/C27H35F2N3O2/c1-26-9-6-19-18-7-10-27(34,25(28)29)12-16(18)2-3-20(19)21(26)4-5-22(26)24(33)15-32-23-14-30-11-8-17(23)13-31-32/h8,11,13-14,16,18-22,25,34H,2-7,9-10,12,15H2,1H3. The first-order chi connectivity index (χ1) is 16.3. The first-order valence-corrected chi connectivity index (χ1v) is 13.1. The van der Waals surface area contributed by atoms with Crippen LogP contribution in [0.4, 0.5) is 8.78 Å². The number of carbonyl (C=O) groups is 1. The minimum absolute atomic E-state index is 0.0185. The van der Waals surface area contributed by atoms with E-state index in [0.717, 1.165) is 55.8 Å². The minimum atomic E-state index is -2.65. The summed E-state index contributed by atoms with van der Waals surface area (Å²) in [5.41, 5.74) is -0.863. The van der Waals surface area contributed by atoms with Crippen LogP contribution in [-0.4, -0.2) is 37.7 Å². The molecule has 0 saturated heterocycles. The lowest BCUT2D eigenvalue weighted by molar-refractivity contribution is -0.160. The largest absolute Gasteiger partial charge is 0.384 e. The van der Waals surface area contributed by atoms with Crippen LogP contribution in [0.2, 0.25) is 0 Å². The van der Waals surface area contributed by atoms with Crippen molar-refractivity contribution >= 4 is 16.7 Å². The van der Waals surface area contributed by atoms with E-state index in [1.807, 2.05) is 6.07 Å². The second-order valence-corrected chi connectivity index (χ2v) is 12.0. The molecule has 1 N–H and O–H groups in total. The summed E-state index contributed by atoms with van der Waals surface area (Å²) < 4.78 is 28.7. The van der Waals surface area contributed by atoms with Gasteiger partial charge in [-0.2, -0.15) is 5.10 Å². The smallest absolute Gasteiger partial charge is 0.266 e. The number of aliphatic hydroxyl groups is 1. The van der Waals surface area contributed by atoms with Crippen molar-refractivity contribution in [1.29, 1.82) is 0 Å². The number of hydrogen-bond donors (Lipinski definition) is 1. The molecule has 7 heteroatoms. The monoisotopic (exact) mass is 471 g/mol. The van der Waals surface area contributed by atoms with Crippen LogP contribution in [0.25, 0.3) is 10.9 Å². The van der Waals surface area contributed by atoms with Crippen LogP contribution >= 0.6 is 0 Å². The predicted octanol–water partition coefficient (Wildman–Crippen LogP) is 5.27. The Bertz CT molecular complexity index is 1090. The van der Waals surface area contributed by atoms with Gasteiger partial charge in [-0.15, -0.1) is 0 Å². The highest BCUT2D eigenvalue weighted by Gasteiger charge is 2.59. The summed E-state index contributed by atoms with van der Waals surface area (Å²) in [6, 6.07) is 1.92. The molecule has 0 bridgehead atoms. The average molecular weight is 472 g/mol. The maximum absolute atomic E-state index is 13.6. The zero-order valence-electron chi connectivity index (χ0n) is 19.9. The van der Waals surface area contributed by atoms with Gasteiger partial charge in [0.25, 0.3) is 6.43 Å². The summed E-state index contributed by atoms with van der Waals surface area (Å²) in [4.78, 5) is 17.8. The number of pyridine rings is 1. The molecule has 0 aromatic carbocycles. The first-order valence-electron chi connectivity index (χ1n) is 13.1. The van der Waals surface area contributed by atoms with Crippen molar-refractivity contribution < 1.29 is 18.7 Å². The molecule has 0 radical (unpaired) electrons. The van der Waals surface area contributed by atoms with E-state index < -0.39 is 12.0 Å². The molecule has 34 heavy (non-hydrogen) atoms. The third kappa shape index (κ3) is 3.36. The summed E-state index contributed by atoms with van der Waals surface area (Å²) in [6.07, 6.45) is 10.0. The van der Waals surface area contributed by atoms with E-state index in [0.29, 0.717) is 30.2 Å². The van der Waals surface area contributed by atoms with Crippen LogP contribution in [0, 0.1) is 40.9 Å². The molecule has 0 spiro atoms. The van der Waals surface area contributed by atoms with Gasteiger partial charge in [0, 0.05) is 17.5 Å². The minimum Gasteiger partial charge on any atom is -0.384 e. The van der Waals surface area contributed by atoms with Crippen molar-refractivity contribution in [3.05, 3.63) is 24.7 Å². The van der Waals surface area contributed by atoms with E-state index in [2.05, 4.69) is 17.0 Å². The van der Waals surface area contributed by atoms with Gasteiger partial charge in [-0.1, -0.05) is 6.92 Å². The zero-order chi connectivity index (χ0) is 23.7. The lowest BCUT2D eigenvalue weighted by Gasteiger charge is -2.57. The molecule has 2 aromatic heterocycles. The third-order valence-corrected chi connectivity index (χ3v) is 10.6. The fraction of sp³-hybridized carbons (Fsp3) is 0.741. The van der Waals surface area contributed by atoms with Crippen molar-refractivity contribution in [3.8, 4) is 0 Å². The second-order valence-electron chi connectivity index (χ2n) is 12.0. The van der Waals surface area contributed by atoms with Crippen molar-refractivity contribution in [2.75, 3.05) is 0 Å². The Balaban J connectivity index is 1.18. The van der Waals surface area contributed by atoms with Gasteiger partial charge >= 0.3 is 0 Å². The molecule has 4 saturated carbocycles. The number of rotatable bonds is 4. The highest BCUT2D eigenvalue weighted by atomic mass is 19.3. The number of Topliss-reactive ketones (excluding diaryl/α,β-unsaturated/α-hetero) is 1. The lowest BCUT2D eigenvalue weighted by atomic mass is 9.49. The topological polar surface area (TPSA) is 68.0 Å². The summed E-state index contributed by atoms with van der Waals surface area (Å²) in [5, 5.41) is 15.9. The van der Waals surface area contributed by atoms with Gasteiger partial charge in [0.2, 0.25) is 0 Å². The quantitative estimate of drug-likeness (QED) is 0.660. The second kappa shape index (κ2) is 8.07. The van der Waals surface area contributed by atoms with Gasteiger partial charge < -0.3 is 5.11 Å². The Kier molecular flexibility index (Phi) is 5.36. The van der Waals surface area contributed by atoms with Gasteiger partial charge in [-0.05, 0) is 98.9 Å². The van der Waals surface area contributed by atoms with Crippen LogP contribution in [-0.2, 0) is 11.3 Å². The Morgan fingerprint density at radius 3 is 2.76 bits per heavy atom. The number of hydrogen-bond acceptors (Lipinski definition) is 4. The fourth-order valence-corrected chi connectivity index (χ4v) is 8.94. The van der Waals surface area contributed by atoms with E-state index in [1.165, 1.54) is 0 Å². The molecule has 0 aliphatic heterocycles. The number of fused-ring (bicyclic) bond motifs is 6. The maximum atomic E-state index is 13.6. The lowest BCUT2D eigenvalue weighted by Crippen LogP contribution is -2.53. The van der Waals surface area contributed by atoms with Gasteiger partial charge in [-0.25, -0.2) is 8.78 Å². The molecule has 8 atom stereocenters. The van der Waals surface area contributed by atoms with Crippen molar-refractivity contribution in [1.82, 2.24) is 14.8 Å². The fourth-order valence-electron chi connectivity index (χ4n) is 8.94. The van der Waals surface area contributed by atoms with Gasteiger partial charge in [0.1, 0.15) is 12.1 Å². The van der Waals surface area contributed by atoms with Crippen LogP contribution < -0.4 is 0 Å². The van der Waals surface area contributed by atoms with Gasteiger partial charge in [0.15, 0.2) is 5.78 Å². The van der Waals surface area contributed by atoms with Crippen LogP contribution in [0.1, 0.15) is 64.7 Å². The molecule has 5 nitrogen and oxygen atoms in total. The molecule has 8 unspecified atom stereocenters. The molecule has 4 fully saturated rings. The number of ketones is 1. The molecule has 0 amide bonds. The Morgan fingerprint density at radius 2 is 1.94 bits per heavy atom.